The maximum Gasteiger partial charge on any atom is 0.270 e. The molecule has 1 saturated heterocycles. The first-order valence-corrected chi connectivity index (χ1v) is 12.5. The largest absolute Gasteiger partial charge is 0.496 e. The van der Waals surface area contributed by atoms with E-state index in [0.717, 1.165) is 10.4 Å². The van der Waals surface area contributed by atoms with Crippen LogP contribution in [-0.4, -0.2) is 61.9 Å². The summed E-state index contributed by atoms with van der Waals surface area (Å²) in [6.45, 7) is 2.06. The number of morpholine rings is 1. The van der Waals surface area contributed by atoms with Crippen LogP contribution in [0, 0.1) is 0 Å². The van der Waals surface area contributed by atoms with E-state index in [1.54, 1.807) is 23.3 Å². The molecule has 2 aromatic heterocycles. The Hall–Kier alpha value is -2.66. The molecule has 32 heavy (non-hydrogen) atoms. The van der Waals surface area contributed by atoms with Crippen molar-refractivity contribution in [3.63, 3.8) is 0 Å². The molecule has 8 nitrogen and oxygen atoms in total. The Labute approximate surface area is 191 Å². The lowest BCUT2D eigenvalue weighted by Crippen LogP contribution is -2.40. The summed E-state index contributed by atoms with van der Waals surface area (Å²) in [6.07, 6.45) is 1.38. The fourth-order valence-corrected chi connectivity index (χ4v) is 5.70. The maximum absolute atomic E-state index is 13.4. The van der Waals surface area contributed by atoms with Crippen molar-refractivity contribution >= 4 is 27.3 Å². The van der Waals surface area contributed by atoms with Gasteiger partial charge in [-0.2, -0.15) is 4.31 Å². The van der Waals surface area contributed by atoms with Crippen molar-refractivity contribution in [2.75, 3.05) is 33.4 Å². The van der Waals surface area contributed by atoms with Crippen LogP contribution in [0.4, 0.5) is 0 Å². The second-order valence-corrected chi connectivity index (χ2v) is 10.3. The summed E-state index contributed by atoms with van der Waals surface area (Å²) in [4.78, 5) is 19.1. The molecule has 1 aliphatic heterocycles. The molecular weight excluding hydrogens is 450 g/mol. The van der Waals surface area contributed by atoms with E-state index >= 15 is 0 Å². The maximum atomic E-state index is 13.4. The molecule has 0 aliphatic carbocycles. The lowest BCUT2D eigenvalue weighted by Gasteiger charge is -2.25. The van der Waals surface area contributed by atoms with Gasteiger partial charge < -0.3 is 19.4 Å². The van der Waals surface area contributed by atoms with E-state index in [-0.39, 0.29) is 16.5 Å². The first-order chi connectivity index (χ1) is 15.5. The van der Waals surface area contributed by atoms with Gasteiger partial charge in [-0.3, -0.25) is 4.79 Å². The normalized spacial score (nSPS) is 14.9. The zero-order valence-electron chi connectivity index (χ0n) is 17.7. The Morgan fingerprint density at radius 2 is 1.97 bits per heavy atom. The van der Waals surface area contributed by atoms with E-state index in [0.29, 0.717) is 45.1 Å². The van der Waals surface area contributed by atoms with Gasteiger partial charge in [0.25, 0.3) is 5.91 Å². The third-order valence-electron chi connectivity index (χ3n) is 5.26. The Morgan fingerprint density at radius 1 is 1.19 bits per heavy atom. The molecule has 1 N–H and O–H groups in total. The molecule has 4 rings (SSSR count). The number of nitrogens with zero attached hydrogens (tertiary/aromatic N) is 2. The summed E-state index contributed by atoms with van der Waals surface area (Å²) in [5, 5.41) is 1.96. The topological polar surface area (TPSA) is 91.9 Å². The number of amides is 1. The molecule has 1 aromatic carbocycles. The van der Waals surface area contributed by atoms with Crippen molar-refractivity contribution in [1.82, 2.24) is 14.2 Å². The summed E-state index contributed by atoms with van der Waals surface area (Å²) in [6, 6.07) is 12.9. The average Bonchev–Trinajstić information content (AvgIpc) is 3.52. The molecule has 3 heterocycles. The highest BCUT2D eigenvalue weighted by atomic mass is 32.2. The van der Waals surface area contributed by atoms with Gasteiger partial charge in [0.2, 0.25) is 10.0 Å². The summed E-state index contributed by atoms with van der Waals surface area (Å²) in [5.41, 5.74) is 1.09. The van der Waals surface area contributed by atoms with Gasteiger partial charge in [-0.05, 0) is 23.6 Å². The van der Waals surface area contributed by atoms with Gasteiger partial charge in [-0.15, -0.1) is 11.3 Å². The number of aromatic amines is 1. The number of hydrogen-bond donors (Lipinski definition) is 1. The minimum Gasteiger partial charge on any atom is -0.496 e. The van der Waals surface area contributed by atoms with Crippen LogP contribution < -0.4 is 4.74 Å². The lowest BCUT2D eigenvalue weighted by atomic mass is 10.1. The highest BCUT2D eigenvalue weighted by molar-refractivity contribution is 7.89. The van der Waals surface area contributed by atoms with Gasteiger partial charge in [0, 0.05) is 29.7 Å². The number of sulfonamides is 1. The van der Waals surface area contributed by atoms with Gasteiger partial charge in [0.15, 0.2) is 0 Å². The van der Waals surface area contributed by atoms with Crippen LogP contribution in [0.1, 0.15) is 20.9 Å². The van der Waals surface area contributed by atoms with Crippen LogP contribution in [0.25, 0.3) is 0 Å². The average molecular weight is 476 g/mol. The summed E-state index contributed by atoms with van der Waals surface area (Å²) in [5.74, 6) is 0.409. The molecule has 0 spiro atoms. The van der Waals surface area contributed by atoms with E-state index in [1.165, 1.54) is 16.6 Å². The van der Waals surface area contributed by atoms with Crippen molar-refractivity contribution in [2.24, 2.45) is 0 Å². The fraction of sp³-hybridized carbons (Fsp3) is 0.318. The van der Waals surface area contributed by atoms with Crippen molar-refractivity contribution in [3.8, 4) is 5.75 Å². The third-order valence-corrected chi connectivity index (χ3v) is 8.00. The number of aromatic nitrogens is 1. The number of thiophene rings is 1. The molecule has 0 unspecified atom stereocenters. The summed E-state index contributed by atoms with van der Waals surface area (Å²) < 4.78 is 37.9. The van der Waals surface area contributed by atoms with Crippen LogP contribution in [-0.2, 0) is 27.8 Å². The van der Waals surface area contributed by atoms with Gasteiger partial charge in [0.1, 0.15) is 16.3 Å². The van der Waals surface area contributed by atoms with Crippen molar-refractivity contribution in [1.29, 1.82) is 0 Å². The SMILES string of the molecule is COc1ccccc1CN(Cc1cccs1)C(=O)c1cc(S(=O)(=O)N2CCOCC2)c[nH]1. The number of benzene rings is 1. The Balaban J connectivity index is 1.59. The number of H-pyrrole nitrogens is 1. The molecule has 3 aromatic rings. The Morgan fingerprint density at radius 3 is 2.69 bits per heavy atom. The number of carbonyl (C=O) groups is 1. The molecule has 0 atom stereocenters. The van der Waals surface area contributed by atoms with Crippen LogP contribution in [0.5, 0.6) is 5.75 Å². The van der Waals surface area contributed by atoms with Crippen LogP contribution in [0.3, 0.4) is 0 Å². The van der Waals surface area contributed by atoms with E-state index in [9.17, 15) is 13.2 Å². The smallest absolute Gasteiger partial charge is 0.270 e. The first-order valence-electron chi connectivity index (χ1n) is 10.2. The third kappa shape index (κ3) is 4.88. The molecule has 0 bridgehead atoms. The fourth-order valence-electron chi connectivity index (χ4n) is 3.58. The van der Waals surface area contributed by atoms with E-state index in [2.05, 4.69) is 4.98 Å². The molecule has 1 amide bonds. The van der Waals surface area contributed by atoms with Crippen LogP contribution in [0.2, 0.25) is 0 Å². The van der Waals surface area contributed by atoms with E-state index in [4.69, 9.17) is 9.47 Å². The van der Waals surface area contributed by atoms with Crippen molar-refractivity contribution < 1.29 is 22.7 Å². The molecule has 10 heteroatoms. The molecule has 1 fully saturated rings. The second kappa shape index (κ2) is 9.86. The second-order valence-electron chi connectivity index (χ2n) is 7.32. The zero-order chi connectivity index (χ0) is 22.6. The monoisotopic (exact) mass is 475 g/mol. The molecule has 0 saturated carbocycles. The number of hydrogen-bond acceptors (Lipinski definition) is 6. The lowest BCUT2D eigenvalue weighted by molar-refractivity contribution is 0.0724. The molecule has 1 aliphatic rings. The van der Waals surface area contributed by atoms with Gasteiger partial charge in [-0.1, -0.05) is 24.3 Å². The summed E-state index contributed by atoms with van der Waals surface area (Å²) >= 11 is 1.56. The van der Waals surface area contributed by atoms with Crippen molar-refractivity contribution in [2.45, 2.75) is 18.0 Å². The summed E-state index contributed by atoms with van der Waals surface area (Å²) in [7, 11) is -2.09. The number of carbonyl (C=O) groups excluding carboxylic acids is 1. The highest BCUT2D eigenvalue weighted by Gasteiger charge is 2.29. The predicted molar refractivity (Wildman–Crippen MR) is 121 cm³/mol. The van der Waals surface area contributed by atoms with Gasteiger partial charge in [-0.25, -0.2) is 8.42 Å². The quantitative estimate of drug-likeness (QED) is 0.541. The van der Waals surface area contributed by atoms with E-state index in [1.807, 2.05) is 41.8 Å². The Kier molecular flexibility index (Phi) is 6.95. The Bertz CT molecular complexity index is 1150. The number of methoxy groups -OCH3 is 1. The van der Waals surface area contributed by atoms with Crippen molar-refractivity contribution in [3.05, 3.63) is 70.2 Å². The predicted octanol–water partition coefficient (Wildman–Crippen LogP) is 2.95. The van der Waals surface area contributed by atoms with Gasteiger partial charge in [0.05, 0.1) is 33.4 Å². The number of ether oxygens (including phenoxy) is 2. The molecule has 170 valence electrons. The first kappa shape index (κ1) is 22.5. The van der Waals surface area contributed by atoms with Crippen LogP contribution in [0.15, 0.2) is 58.9 Å². The molecular formula is C22H25N3O5S2. The standard InChI is InChI=1S/C22H25N3O5S2/c1-29-21-7-3-2-5-17(21)15-24(16-18-6-4-12-31-18)22(26)20-13-19(14-23-20)32(27,28)25-8-10-30-11-9-25/h2-7,12-14,23H,8-11,15-16H2,1H3. The number of nitrogens with one attached hydrogen (secondary N) is 1. The highest BCUT2D eigenvalue weighted by Crippen LogP contribution is 2.24. The molecule has 0 radical (unpaired) electrons. The van der Waals surface area contributed by atoms with E-state index < -0.39 is 10.0 Å². The number of para-hydroxylation sites is 1. The van der Waals surface area contributed by atoms with Gasteiger partial charge >= 0.3 is 0 Å². The number of rotatable bonds is 8. The minimum atomic E-state index is -3.69. The zero-order valence-corrected chi connectivity index (χ0v) is 19.3. The minimum absolute atomic E-state index is 0.0797. The van der Waals surface area contributed by atoms with Crippen LogP contribution >= 0.6 is 11.3 Å².